The standard InChI is InChI=1S/C17H25O5P/c1-12(2)21-16-14(10-11-23(4,18)19)22-15(17(16)20-3)13-8-6-5-7-9-13/h5-12,14-17H,1-4H3,(H,18,19)/b11-10+/t14-,15+,16-,17+/m1/s1. The van der Waals surface area contributed by atoms with Gasteiger partial charge in [0, 0.05) is 13.8 Å². The summed E-state index contributed by atoms with van der Waals surface area (Å²) in [6, 6.07) is 9.79. The molecule has 0 aliphatic carbocycles. The molecule has 0 saturated carbocycles. The average Bonchev–Trinajstić information content (AvgIpc) is 2.82. The van der Waals surface area contributed by atoms with Crippen molar-refractivity contribution >= 4 is 7.37 Å². The number of methoxy groups -OCH3 is 1. The van der Waals surface area contributed by atoms with Crippen LogP contribution in [0.5, 0.6) is 0 Å². The minimum Gasteiger partial charge on any atom is -0.376 e. The fourth-order valence-electron chi connectivity index (χ4n) is 2.72. The van der Waals surface area contributed by atoms with Gasteiger partial charge >= 0.3 is 0 Å². The highest BCUT2D eigenvalue weighted by Crippen LogP contribution is 2.41. The zero-order valence-corrected chi connectivity index (χ0v) is 14.9. The molecule has 23 heavy (non-hydrogen) atoms. The molecule has 1 fully saturated rings. The van der Waals surface area contributed by atoms with Crippen LogP contribution in [0.1, 0.15) is 25.5 Å². The number of ether oxygens (including phenoxy) is 3. The summed E-state index contributed by atoms with van der Waals surface area (Å²) in [6.07, 6.45) is 0.261. The van der Waals surface area contributed by atoms with Gasteiger partial charge in [0.15, 0.2) is 0 Å². The van der Waals surface area contributed by atoms with Gasteiger partial charge in [-0.2, -0.15) is 0 Å². The molecule has 1 aliphatic rings. The molecule has 1 saturated heterocycles. The first kappa shape index (κ1) is 18.4. The predicted octanol–water partition coefficient (Wildman–Crippen LogP) is 3.35. The summed E-state index contributed by atoms with van der Waals surface area (Å²) in [5, 5.41) is 0. The molecule has 0 radical (unpaired) electrons. The second-order valence-corrected chi connectivity index (χ2v) is 8.25. The third kappa shape index (κ3) is 5.00. The molecule has 0 aromatic heterocycles. The lowest BCUT2D eigenvalue weighted by molar-refractivity contribution is -0.0694. The molecule has 6 heteroatoms. The Labute approximate surface area is 137 Å². The largest absolute Gasteiger partial charge is 0.376 e. The Morgan fingerprint density at radius 3 is 2.43 bits per heavy atom. The number of hydrogen-bond acceptors (Lipinski definition) is 4. The number of hydrogen-bond donors (Lipinski definition) is 1. The molecule has 1 aromatic rings. The molecule has 1 aliphatic heterocycles. The first-order valence-corrected chi connectivity index (χ1v) is 9.87. The minimum absolute atomic E-state index is 0.00534. The quantitative estimate of drug-likeness (QED) is 0.805. The highest BCUT2D eigenvalue weighted by molar-refractivity contribution is 7.60. The molecule has 128 valence electrons. The Hall–Kier alpha value is -0.970. The van der Waals surface area contributed by atoms with E-state index in [1.165, 1.54) is 12.5 Å². The Kier molecular flexibility index (Phi) is 6.18. The van der Waals surface area contributed by atoms with E-state index in [4.69, 9.17) is 14.2 Å². The molecule has 2 rings (SSSR count). The summed E-state index contributed by atoms with van der Waals surface area (Å²) < 4.78 is 29.2. The zero-order chi connectivity index (χ0) is 17.0. The molecular formula is C17H25O5P. The van der Waals surface area contributed by atoms with E-state index in [2.05, 4.69) is 0 Å². The van der Waals surface area contributed by atoms with Gasteiger partial charge in [-0.15, -0.1) is 0 Å². The van der Waals surface area contributed by atoms with Gasteiger partial charge in [-0.3, -0.25) is 4.57 Å². The van der Waals surface area contributed by atoms with Crippen molar-refractivity contribution in [2.24, 2.45) is 0 Å². The van der Waals surface area contributed by atoms with Gasteiger partial charge in [0.05, 0.1) is 6.10 Å². The highest BCUT2D eigenvalue weighted by Gasteiger charge is 2.45. The van der Waals surface area contributed by atoms with Crippen LogP contribution < -0.4 is 0 Å². The van der Waals surface area contributed by atoms with Gasteiger partial charge in [-0.05, 0) is 31.3 Å². The van der Waals surface area contributed by atoms with E-state index in [1.54, 1.807) is 13.2 Å². The van der Waals surface area contributed by atoms with E-state index in [9.17, 15) is 9.46 Å². The Bertz CT molecular complexity index is 566. The topological polar surface area (TPSA) is 65.0 Å². The lowest BCUT2D eigenvalue weighted by atomic mass is 10.0. The van der Waals surface area contributed by atoms with Crippen LogP contribution >= 0.6 is 7.37 Å². The Morgan fingerprint density at radius 1 is 1.26 bits per heavy atom. The number of benzene rings is 1. The third-order valence-corrected chi connectivity index (χ3v) is 4.36. The summed E-state index contributed by atoms with van der Waals surface area (Å²) in [5.74, 6) is 1.30. The van der Waals surface area contributed by atoms with Gasteiger partial charge < -0.3 is 19.1 Å². The molecule has 1 heterocycles. The zero-order valence-electron chi connectivity index (χ0n) is 14.0. The van der Waals surface area contributed by atoms with Gasteiger partial charge in [0.1, 0.15) is 24.4 Å². The molecular weight excluding hydrogens is 315 g/mol. The monoisotopic (exact) mass is 340 g/mol. The van der Waals surface area contributed by atoms with E-state index in [0.29, 0.717) is 0 Å². The third-order valence-electron chi connectivity index (χ3n) is 3.63. The van der Waals surface area contributed by atoms with Crippen LogP contribution in [0.4, 0.5) is 0 Å². The summed E-state index contributed by atoms with van der Waals surface area (Å²) in [5.41, 5.74) is 0.997. The smallest absolute Gasteiger partial charge is 0.219 e. The van der Waals surface area contributed by atoms with Gasteiger partial charge in [-0.25, -0.2) is 0 Å². The molecule has 5 atom stereocenters. The first-order valence-electron chi connectivity index (χ1n) is 7.70. The Morgan fingerprint density at radius 2 is 1.91 bits per heavy atom. The van der Waals surface area contributed by atoms with Crippen LogP contribution in [-0.4, -0.2) is 43.1 Å². The average molecular weight is 340 g/mol. The maximum Gasteiger partial charge on any atom is 0.219 e. The van der Waals surface area contributed by atoms with Crippen molar-refractivity contribution in [3.05, 3.63) is 47.8 Å². The van der Waals surface area contributed by atoms with Crippen LogP contribution in [0.15, 0.2) is 42.2 Å². The second kappa shape index (κ2) is 7.73. The molecule has 1 aromatic carbocycles. The van der Waals surface area contributed by atoms with Gasteiger partial charge in [-0.1, -0.05) is 30.3 Å². The normalized spacial score (nSPS) is 30.9. The molecule has 0 amide bonds. The summed E-state index contributed by atoms with van der Waals surface area (Å²) in [7, 11) is -1.63. The van der Waals surface area contributed by atoms with E-state index in [-0.39, 0.29) is 24.4 Å². The molecule has 5 nitrogen and oxygen atoms in total. The van der Waals surface area contributed by atoms with Crippen molar-refractivity contribution < 1.29 is 23.7 Å². The van der Waals surface area contributed by atoms with Gasteiger partial charge in [0.25, 0.3) is 0 Å². The van der Waals surface area contributed by atoms with Crippen LogP contribution in [0.3, 0.4) is 0 Å². The van der Waals surface area contributed by atoms with Crippen LogP contribution in [0.25, 0.3) is 0 Å². The van der Waals surface area contributed by atoms with Crippen molar-refractivity contribution in [3.8, 4) is 0 Å². The van der Waals surface area contributed by atoms with Gasteiger partial charge in [0.2, 0.25) is 7.37 Å². The predicted molar refractivity (Wildman–Crippen MR) is 89.8 cm³/mol. The lowest BCUT2D eigenvalue weighted by Crippen LogP contribution is -2.36. The van der Waals surface area contributed by atoms with E-state index in [0.717, 1.165) is 5.56 Å². The van der Waals surface area contributed by atoms with Crippen molar-refractivity contribution in [1.29, 1.82) is 0 Å². The molecule has 0 bridgehead atoms. The molecule has 1 N–H and O–H groups in total. The SMILES string of the molecule is CO[C@@H]1[C@H](OC(C)C)[C@@H](/C=C/P(C)(=O)O)O[C@H]1c1ccccc1. The van der Waals surface area contributed by atoms with Crippen LogP contribution in [0, 0.1) is 0 Å². The highest BCUT2D eigenvalue weighted by atomic mass is 31.2. The van der Waals surface area contributed by atoms with Crippen molar-refractivity contribution in [1.82, 2.24) is 0 Å². The van der Waals surface area contributed by atoms with Crippen molar-refractivity contribution in [2.45, 2.75) is 44.4 Å². The van der Waals surface area contributed by atoms with Crippen molar-refractivity contribution in [2.75, 3.05) is 13.8 Å². The van der Waals surface area contributed by atoms with E-state index < -0.39 is 13.5 Å². The second-order valence-electron chi connectivity index (χ2n) is 6.07. The first-order chi connectivity index (χ1) is 10.8. The Balaban J connectivity index is 2.29. The maximum atomic E-state index is 11.5. The van der Waals surface area contributed by atoms with Crippen molar-refractivity contribution in [3.63, 3.8) is 0 Å². The maximum absolute atomic E-state index is 11.5. The fraction of sp³-hybridized carbons (Fsp3) is 0.529. The molecule has 0 spiro atoms. The molecule has 1 unspecified atom stereocenters. The summed E-state index contributed by atoms with van der Waals surface area (Å²) in [4.78, 5) is 9.49. The van der Waals surface area contributed by atoms with Crippen LogP contribution in [-0.2, 0) is 18.8 Å². The number of rotatable bonds is 6. The van der Waals surface area contributed by atoms with E-state index in [1.807, 2.05) is 44.2 Å². The minimum atomic E-state index is -3.26. The lowest BCUT2D eigenvalue weighted by Gasteiger charge is -2.24. The fourth-order valence-corrected chi connectivity index (χ4v) is 3.21. The van der Waals surface area contributed by atoms with Crippen LogP contribution in [0.2, 0.25) is 0 Å². The summed E-state index contributed by atoms with van der Waals surface area (Å²) >= 11 is 0. The summed E-state index contributed by atoms with van der Waals surface area (Å²) in [6.45, 7) is 5.18. The van der Waals surface area contributed by atoms with E-state index >= 15 is 0 Å².